The molecular weight excluding hydrogens is 584 g/mol. The molecule has 3 aromatic rings. The molecule has 2 saturated heterocycles. The van der Waals surface area contributed by atoms with Gasteiger partial charge in [0.15, 0.2) is 6.23 Å². The maximum Gasteiger partial charge on any atom is 0.410 e. The van der Waals surface area contributed by atoms with E-state index in [0.29, 0.717) is 19.0 Å². The number of nitrogens with zero attached hydrogens (tertiary/aromatic N) is 6. The molecule has 9 nitrogen and oxygen atoms in total. The van der Waals surface area contributed by atoms with E-state index in [-0.39, 0.29) is 24.2 Å². The molecule has 2 aliphatic heterocycles. The highest BCUT2D eigenvalue weighted by atomic mass is 79.9. The van der Waals surface area contributed by atoms with Crippen molar-refractivity contribution in [3.05, 3.63) is 39.2 Å². The third-order valence-electron chi connectivity index (χ3n) is 7.94. The molecule has 4 heterocycles. The Morgan fingerprint density at radius 3 is 2.79 bits per heavy atom. The number of hydrogen-bond donors (Lipinski definition) is 0. The summed E-state index contributed by atoms with van der Waals surface area (Å²) in [6, 6.07) is 2.04. The topological polar surface area (TPSA) is 87.3 Å². The van der Waals surface area contributed by atoms with Crippen molar-refractivity contribution < 1.29 is 14.3 Å². The van der Waals surface area contributed by atoms with Crippen LogP contribution in [-0.4, -0.2) is 61.1 Å². The second-order valence-corrected chi connectivity index (χ2v) is 13.3. The first-order valence-electron chi connectivity index (χ1n) is 14.0. The SMILES string of the molecule is CC(C)(C)OC(=O)N1CCC[C@@H](Cn2ncc([C@@H]3C[C@@H]3c3c(Cl)cc4c(cnn4C4CCCCO4)c3Br)n2)C1. The van der Waals surface area contributed by atoms with E-state index in [4.69, 9.17) is 26.2 Å². The summed E-state index contributed by atoms with van der Waals surface area (Å²) in [4.78, 5) is 16.2. The number of aromatic nitrogens is 5. The molecule has 1 amide bonds. The van der Waals surface area contributed by atoms with Gasteiger partial charge in [0.05, 0.1) is 30.1 Å². The lowest BCUT2D eigenvalue weighted by atomic mass is 9.98. The first-order chi connectivity index (χ1) is 18.7. The van der Waals surface area contributed by atoms with Gasteiger partial charge in [-0.2, -0.15) is 20.1 Å². The summed E-state index contributed by atoms with van der Waals surface area (Å²) in [5.41, 5.74) is 2.62. The second kappa shape index (κ2) is 10.7. The van der Waals surface area contributed by atoms with Crippen molar-refractivity contribution in [1.29, 1.82) is 0 Å². The van der Waals surface area contributed by atoms with Crippen LogP contribution >= 0.6 is 27.5 Å². The van der Waals surface area contributed by atoms with Gasteiger partial charge in [-0.25, -0.2) is 9.48 Å². The number of benzene rings is 1. The number of hydrogen-bond acceptors (Lipinski definition) is 6. The Kier molecular flexibility index (Phi) is 7.39. The predicted molar refractivity (Wildman–Crippen MR) is 152 cm³/mol. The van der Waals surface area contributed by atoms with Gasteiger partial charge >= 0.3 is 6.09 Å². The summed E-state index contributed by atoms with van der Waals surface area (Å²) in [5.74, 6) is 0.872. The zero-order valence-corrected chi connectivity index (χ0v) is 25.1. The van der Waals surface area contributed by atoms with Crippen LogP contribution < -0.4 is 0 Å². The number of likely N-dealkylation sites (tertiary alicyclic amines) is 1. The van der Waals surface area contributed by atoms with Gasteiger partial charge in [0, 0.05) is 40.5 Å². The third-order valence-corrected chi connectivity index (χ3v) is 9.11. The van der Waals surface area contributed by atoms with Gasteiger partial charge in [-0.15, -0.1) is 0 Å². The summed E-state index contributed by atoms with van der Waals surface area (Å²) >= 11 is 10.7. The molecule has 39 heavy (non-hydrogen) atoms. The predicted octanol–water partition coefficient (Wildman–Crippen LogP) is 6.66. The van der Waals surface area contributed by atoms with Gasteiger partial charge < -0.3 is 14.4 Å². The van der Waals surface area contributed by atoms with Crippen LogP contribution in [0.15, 0.2) is 22.9 Å². The van der Waals surface area contributed by atoms with Crippen LogP contribution in [0, 0.1) is 5.92 Å². The Balaban J connectivity index is 1.12. The molecular formula is C28H36BrClN6O3. The van der Waals surface area contributed by atoms with Crippen LogP contribution in [0.2, 0.25) is 5.02 Å². The van der Waals surface area contributed by atoms with Crippen molar-refractivity contribution in [2.45, 2.75) is 89.5 Å². The fraction of sp³-hybridized carbons (Fsp3) is 0.643. The standard InChI is InChI=1S/C28H36BrClN6O3/c1-28(2,3)39-27(37)34-9-6-7-17(15-34)16-35-31-14-22(33-35)18-11-19(18)25-21(30)12-23-20(26(25)29)13-32-36(23)24-8-4-5-10-38-24/h12-14,17-19,24H,4-11,15-16H2,1-3H3/t17-,18-,19+,24?/m1/s1. The van der Waals surface area contributed by atoms with Gasteiger partial charge in [-0.3, -0.25) is 0 Å². The van der Waals surface area contributed by atoms with E-state index in [1.807, 2.05) is 48.8 Å². The first kappa shape index (κ1) is 27.0. The Labute approximate surface area is 242 Å². The van der Waals surface area contributed by atoms with E-state index in [9.17, 15) is 4.79 Å². The van der Waals surface area contributed by atoms with E-state index in [1.54, 1.807) is 4.80 Å². The maximum atomic E-state index is 12.5. The number of carbonyl (C=O) groups excluding carboxylic acids is 1. The van der Waals surface area contributed by atoms with E-state index >= 15 is 0 Å². The van der Waals surface area contributed by atoms with E-state index in [2.05, 4.69) is 26.1 Å². The monoisotopic (exact) mass is 618 g/mol. The van der Waals surface area contributed by atoms with Gasteiger partial charge in [-0.1, -0.05) is 11.6 Å². The molecule has 4 atom stereocenters. The zero-order valence-electron chi connectivity index (χ0n) is 22.8. The van der Waals surface area contributed by atoms with Crippen LogP contribution in [0.25, 0.3) is 10.9 Å². The molecule has 1 unspecified atom stereocenters. The number of carbonyl (C=O) groups is 1. The third kappa shape index (κ3) is 5.70. The largest absolute Gasteiger partial charge is 0.444 e. The van der Waals surface area contributed by atoms with Crippen LogP contribution in [-0.2, 0) is 16.0 Å². The summed E-state index contributed by atoms with van der Waals surface area (Å²) < 4.78 is 14.5. The van der Waals surface area contributed by atoms with E-state index in [1.165, 1.54) is 0 Å². The molecule has 0 radical (unpaired) electrons. The van der Waals surface area contributed by atoms with Crippen molar-refractivity contribution in [2.75, 3.05) is 19.7 Å². The number of halogens is 2. The molecule has 2 aromatic heterocycles. The van der Waals surface area contributed by atoms with Gasteiger partial charge in [-0.05, 0) is 98.7 Å². The second-order valence-electron chi connectivity index (χ2n) is 12.1. The number of rotatable bonds is 5. The van der Waals surface area contributed by atoms with E-state index in [0.717, 1.165) is 83.3 Å². The van der Waals surface area contributed by atoms with Crippen molar-refractivity contribution in [2.24, 2.45) is 5.92 Å². The first-order valence-corrected chi connectivity index (χ1v) is 15.2. The van der Waals surface area contributed by atoms with Gasteiger partial charge in [0.1, 0.15) is 5.60 Å². The molecule has 0 N–H and O–H groups in total. The van der Waals surface area contributed by atoms with Crippen molar-refractivity contribution in [3.63, 3.8) is 0 Å². The minimum Gasteiger partial charge on any atom is -0.444 e. The minimum absolute atomic E-state index is 0.0332. The lowest BCUT2D eigenvalue weighted by molar-refractivity contribution is -0.0366. The summed E-state index contributed by atoms with van der Waals surface area (Å²) in [7, 11) is 0. The quantitative estimate of drug-likeness (QED) is 0.317. The fourth-order valence-electron chi connectivity index (χ4n) is 5.97. The Morgan fingerprint density at radius 2 is 2.03 bits per heavy atom. The molecule has 0 bridgehead atoms. The molecule has 3 fully saturated rings. The van der Waals surface area contributed by atoms with Crippen LogP contribution in [0.1, 0.15) is 88.6 Å². The number of ether oxygens (including phenoxy) is 2. The van der Waals surface area contributed by atoms with Crippen LogP contribution in [0.5, 0.6) is 0 Å². The molecule has 11 heteroatoms. The minimum atomic E-state index is -0.490. The molecule has 1 aromatic carbocycles. The number of amides is 1. The van der Waals surface area contributed by atoms with Gasteiger partial charge in [0.2, 0.25) is 0 Å². The van der Waals surface area contributed by atoms with E-state index < -0.39 is 5.60 Å². The smallest absolute Gasteiger partial charge is 0.410 e. The fourth-order valence-corrected chi connectivity index (χ4v) is 7.23. The summed E-state index contributed by atoms with van der Waals surface area (Å²) in [5, 5.41) is 15.9. The van der Waals surface area contributed by atoms with Crippen molar-refractivity contribution in [3.8, 4) is 0 Å². The molecule has 0 spiro atoms. The lowest BCUT2D eigenvalue weighted by Crippen LogP contribution is -2.43. The molecule has 3 aliphatic rings. The lowest BCUT2D eigenvalue weighted by Gasteiger charge is -2.33. The summed E-state index contributed by atoms with van der Waals surface area (Å²) in [6.45, 7) is 8.56. The highest BCUT2D eigenvalue weighted by molar-refractivity contribution is 9.10. The van der Waals surface area contributed by atoms with Crippen LogP contribution in [0.4, 0.5) is 4.79 Å². The van der Waals surface area contributed by atoms with Crippen molar-refractivity contribution in [1.82, 2.24) is 29.7 Å². The number of fused-ring (bicyclic) bond motifs is 1. The maximum absolute atomic E-state index is 12.5. The Hall–Kier alpha value is -2.17. The average molecular weight is 620 g/mol. The summed E-state index contributed by atoms with van der Waals surface area (Å²) in [6.07, 6.45) is 9.73. The highest BCUT2D eigenvalue weighted by Gasteiger charge is 2.44. The van der Waals surface area contributed by atoms with Crippen LogP contribution in [0.3, 0.4) is 0 Å². The average Bonchev–Trinajstić information content (AvgIpc) is 3.32. The van der Waals surface area contributed by atoms with Crippen molar-refractivity contribution >= 4 is 44.5 Å². The Morgan fingerprint density at radius 1 is 1.18 bits per heavy atom. The van der Waals surface area contributed by atoms with Gasteiger partial charge in [0.25, 0.3) is 0 Å². The Bertz CT molecular complexity index is 1360. The molecule has 1 saturated carbocycles. The molecule has 6 rings (SSSR count). The zero-order chi connectivity index (χ0) is 27.3. The molecule has 1 aliphatic carbocycles. The molecule has 210 valence electrons. The number of piperidine rings is 1. The normalized spacial score (nSPS) is 25.7. The highest BCUT2D eigenvalue weighted by Crippen LogP contribution is 2.58.